The van der Waals surface area contributed by atoms with Crippen molar-refractivity contribution >= 4 is 40.6 Å². The largest absolute Gasteiger partial charge is 0.455 e. The highest BCUT2D eigenvalue weighted by atomic mass is 19.1. The van der Waals surface area contributed by atoms with Crippen molar-refractivity contribution in [3.63, 3.8) is 0 Å². The van der Waals surface area contributed by atoms with E-state index in [1.54, 1.807) is 40.0 Å². The molecule has 0 aliphatic carbocycles. The molecule has 4 fully saturated rings. The molecule has 1 amide bonds. The number of halogens is 1. The predicted molar refractivity (Wildman–Crippen MR) is 213 cm³/mol. The van der Waals surface area contributed by atoms with Gasteiger partial charge in [0.2, 0.25) is 0 Å². The number of alkyl halides is 1. The van der Waals surface area contributed by atoms with Crippen LogP contribution in [-0.2, 0) is 38.1 Å². The molecule has 4 saturated heterocycles. The zero-order valence-corrected chi connectivity index (χ0v) is 35.1. The van der Waals surface area contributed by atoms with Crippen molar-refractivity contribution in [2.75, 3.05) is 13.6 Å². The molecule has 318 valence electrons. The molecule has 2 bridgehead atoms. The Labute approximate surface area is 340 Å². The Balaban J connectivity index is 1.45. The van der Waals surface area contributed by atoms with E-state index < -0.39 is 89.2 Å². The fraction of sp³-hybridized carbons (Fsp3) is 0.659. The fourth-order valence-electron chi connectivity index (χ4n) is 9.55. The lowest BCUT2D eigenvalue weighted by Crippen LogP contribution is -2.60. The van der Waals surface area contributed by atoms with E-state index in [0.29, 0.717) is 6.42 Å². The molecule has 13 nitrogen and oxygen atoms in total. The molecule has 14 atom stereocenters. The van der Waals surface area contributed by atoms with Crippen LogP contribution in [0.1, 0.15) is 93.1 Å². The number of cyclic esters (lactones) is 1. The first-order chi connectivity index (χ1) is 27.3. The molecule has 1 aromatic carbocycles. The summed E-state index contributed by atoms with van der Waals surface area (Å²) in [4.78, 5) is 62.6. The number of rotatable bonds is 9. The molecule has 0 radical (unpaired) electrons. The minimum absolute atomic E-state index is 0.00449. The van der Waals surface area contributed by atoms with E-state index in [1.807, 2.05) is 50.4 Å². The molecular weight excluding hydrogens is 749 g/mol. The highest BCUT2D eigenvalue weighted by Crippen LogP contribution is 2.47. The number of aliphatic hydroxyl groups excluding tert-OH is 1. The van der Waals surface area contributed by atoms with Crippen molar-refractivity contribution < 1.29 is 52.4 Å². The zero-order chi connectivity index (χ0) is 42.3. The highest BCUT2D eigenvalue weighted by Gasteiger charge is 2.62. The zero-order valence-electron chi connectivity index (χ0n) is 35.1. The summed E-state index contributed by atoms with van der Waals surface area (Å²) in [7, 11) is 1.93. The maximum atomic E-state index is 16.9. The van der Waals surface area contributed by atoms with Crippen LogP contribution < -0.4 is 5.32 Å². The van der Waals surface area contributed by atoms with Gasteiger partial charge in [0.05, 0.1) is 41.4 Å². The minimum Gasteiger partial charge on any atom is -0.455 e. The van der Waals surface area contributed by atoms with Gasteiger partial charge in [-0.25, -0.2) is 14.0 Å². The standard InChI is InChI=1S/C44H60FN3O10/c1-10-12-19-48(9)31-20-24(3)54-39(35(31)50)56-38-26(5)37(51)43(7,45)40(52)55-33(11-2)44(8)36(47-41(53)58-44)25(4)34(49)29-22-42(38,6)57-32(29)18-17-27-21-28-15-13-14-16-30(28)46-23-27/h13-18,21,23-26,29,31-33,35-36,38-39,50H,10-12,19-20,22H2,1-9H3,(H,47,53)/b18-17+/t24-,25+,26+,29+,31+,32?,33-,35-,36-,38-,39+,42-,43+,44-/m1/s1. The van der Waals surface area contributed by atoms with E-state index in [9.17, 15) is 24.3 Å². The normalized spacial score (nSPS) is 40.0. The summed E-state index contributed by atoms with van der Waals surface area (Å²) >= 11 is 0. The summed E-state index contributed by atoms with van der Waals surface area (Å²) in [6.07, 6.45) is 0.739. The van der Waals surface area contributed by atoms with Crippen LogP contribution in [-0.4, -0.2) is 118 Å². The second-order valence-corrected chi connectivity index (χ2v) is 17.4. The van der Waals surface area contributed by atoms with Crippen LogP contribution in [0.5, 0.6) is 0 Å². The Morgan fingerprint density at radius 2 is 1.81 bits per heavy atom. The smallest absolute Gasteiger partial charge is 0.408 e. The number of hydrogen-bond donors (Lipinski definition) is 2. The van der Waals surface area contributed by atoms with Crippen LogP contribution in [0.15, 0.2) is 42.6 Å². The van der Waals surface area contributed by atoms with E-state index in [4.69, 9.17) is 23.7 Å². The van der Waals surface area contributed by atoms with Gasteiger partial charge in [0.1, 0.15) is 18.0 Å². The molecule has 0 saturated carbocycles. The van der Waals surface area contributed by atoms with Crippen molar-refractivity contribution in [2.45, 2.75) is 153 Å². The lowest BCUT2D eigenvalue weighted by atomic mass is 9.73. The number of hydrogen-bond acceptors (Lipinski definition) is 12. The molecule has 2 N–H and O–H groups in total. The third kappa shape index (κ3) is 8.32. The summed E-state index contributed by atoms with van der Waals surface area (Å²) in [5.74, 6) is -6.02. The Hall–Kier alpha value is -3.82. The summed E-state index contributed by atoms with van der Waals surface area (Å²) in [6, 6.07) is 8.30. The number of alkyl carbamates (subject to hydrolysis) is 1. The fourth-order valence-corrected chi connectivity index (χ4v) is 9.55. The van der Waals surface area contributed by atoms with Crippen molar-refractivity contribution in [3.05, 3.63) is 48.2 Å². The second-order valence-electron chi connectivity index (χ2n) is 17.4. The van der Waals surface area contributed by atoms with Gasteiger partial charge in [0, 0.05) is 29.5 Å². The molecule has 1 unspecified atom stereocenters. The maximum Gasteiger partial charge on any atom is 0.408 e. The molecular formula is C44H60FN3O10. The number of carbonyl (C=O) groups is 4. The number of fused-ring (bicyclic) bond motifs is 4. The number of nitrogens with one attached hydrogen (secondary N) is 1. The van der Waals surface area contributed by atoms with Gasteiger partial charge >= 0.3 is 12.1 Å². The van der Waals surface area contributed by atoms with Crippen molar-refractivity contribution in [3.8, 4) is 0 Å². The molecule has 14 heteroatoms. The Kier molecular flexibility index (Phi) is 12.9. The van der Waals surface area contributed by atoms with Crippen LogP contribution in [0.3, 0.4) is 0 Å². The molecule has 1 aromatic heterocycles. The highest BCUT2D eigenvalue weighted by molar-refractivity contribution is 6.08. The van der Waals surface area contributed by atoms with Gasteiger partial charge in [-0.15, -0.1) is 0 Å². The van der Waals surface area contributed by atoms with E-state index in [-0.39, 0.29) is 30.8 Å². The lowest BCUT2D eigenvalue weighted by molar-refractivity contribution is -0.294. The maximum absolute atomic E-state index is 16.9. The molecule has 4 aliphatic heterocycles. The molecule has 2 aromatic rings. The van der Waals surface area contributed by atoms with Gasteiger partial charge in [-0.3, -0.25) is 14.6 Å². The van der Waals surface area contributed by atoms with Gasteiger partial charge in [-0.05, 0) is 84.7 Å². The molecule has 0 spiro atoms. The number of esters is 1. The van der Waals surface area contributed by atoms with Crippen molar-refractivity contribution in [2.24, 2.45) is 17.8 Å². The van der Waals surface area contributed by atoms with E-state index in [2.05, 4.69) is 22.1 Å². The monoisotopic (exact) mass is 809 g/mol. The quantitative estimate of drug-likeness (QED) is 0.234. The number of benzene rings is 1. The molecule has 5 heterocycles. The number of amides is 1. The number of para-hydroxylation sites is 1. The van der Waals surface area contributed by atoms with Crippen molar-refractivity contribution in [1.29, 1.82) is 0 Å². The topological polar surface area (TPSA) is 163 Å². The number of Topliss-reactive ketones (excluding diaryl/α,β-unsaturated/α-hetero) is 2. The summed E-state index contributed by atoms with van der Waals surface area (Å²) in [5, 5.41) is 15.5. The Bertz CT molecular complexity index is 1890. The summed E-state index contributed by atoms with van der Waals surface area (Å²) < 4.78 is 48.1. The number of likely N-dealkylation sites (N-methyl/N-ethyl adjacent to an activating group) is 1. The number of ether oxygens (including phenoxy) is 5. The van der Waals surface area contributed by atoms with Gasteiger partial charge in [0.25, 0.3) is 5.67 Å². The molecule has 6 rings (SSSR count). The first kappa shape index (κ1) is 43.8. The van der Waals surface area contributed by atoms with Crippen LogP contribution in [0.25, 0.3) is 17.0 Å². The number of unbranched alkanes of at least 4 members (excludes halogenated alkanes) is 1. The van der Waals surface area contributed by atoms with Gasteiger partial charge in [-0.2, -0.15) is 0 Å². The average molecular weight is 810 g/mol. The first-order valence-electron chi connectivity index (χ1n) is 20.7. The number of nitrogens with zero attached hydrogens (tertiary/aromatic N) is 2. The number of aliphatic hydroxyl groups is 1. The summed E-state index contributed by atoms with van der Waals surface area (Å²) in [6.45, 7) is 13.6. The third-order valence-electron chi connectivity index (χ3n) is 12.9. The average Bonchev–Trinajstić information content (AvgIpc) is 3.71. The third-order valence-corrected chi connectivity index (χ3v) is 12.9. The molecule has 4 aliphatic rings. The van der Waals surface area contributed by atoms with Crippen molar-refractivity contribution in [1.82, 2.24) is 15.2 Å². The number of pyridine rings is 1. The van der Waals surface area contributed by atoms with E-state index >= 15 is 4.39 Å². The number of ketones is 2. The van der Waals surface area contributed by atoms with Crippen LogP contribution in [0.2, 0.25) is 0 Å². The first-order valence-corrected chi connectivity index (χ1v) is 20.7. The second kappa shape index (κ2) is 17.0. The van der Waals surface area contributed by atoms with E-state index in [1.165, 1.54) is 6.92 Å². The van der Waals surface area contributed by atoms with Gasteiger partial charge in [-0.1, -0.05) is 64.5 Å². The van der Waals surface area contributed by atoms with Gasteiger partial charge in [0.15, 0.2) is 17.7 Å². The van der Waals surface area contributed by atoms with Gasteiger partial charge < -0.3 is 39.0 Å². The minimum atomic E-state index is -3.18. The number of aromatic nitrogens is 1. The lowest BCUT2D eigenvalue weighted by Gasteiger charge is -2.46. The number of carbonyl (C=O) groups excluding carboxylic acids is 4. The predicted octanol–water partition coefficient (Wildman–Crippen LogP) is 5.73. The van der Waals surface area contributed by atoms with Crippen LogP contribution in [0.4, 0.5) is 9.18 Å². The van der Waals surface area contributed by atoms with E-state index in [0.717, 1.165) is 42.8 Å². The van der Waals surface area contributed by atoms with Crippen LogP contribution >= 0.6 is 0 Å². The summed E-state index contributed by atoms with van der Waals surface area (Å²) in [5.41, 5.74) is -4.68. The Morgan fingerprint density at radius 3 is 2.52 bits per heavy atom. The molecule has 58 heavy (non-hydrogen) atoms. The van der Waals surface area contributed by atoms with Crippen LogP contribution in [0, 0.1) is 17.8 Å². The SMILES string of the molecule is CCCCN(C)[C@H]1C[C@@H](C)O[C@@H](O[C@@H]2[C@@H](C)C(=O)[C@](C)(F)C(=O)O[C@H](CC)[C@@]3(C)OC(=O)N[C@@H]3[C@@H](C)C(=O)[C@H]3C[C@@]2(C)OC3/C=C/c2cnc3ccccc3c2)[C@@H]1O. The Morgan fingerprint density at radius 1 is 1.09 bits per heavy atom.